The lowest BCUT2D eigenvalue weighted by molar-refractivity contribution is -0.269. The Morgan fingerprint density at radius 3 is 2.44 bits per heavy atom. The lowest BCUT2D eigenvalue weighted by Crippen LogP contribution is -2.39. The zero-order chi connectivity index (χ0) is 19.0. The van der Waals surface area contributed by atoms with Crippen molar-refractivity contribution in [2.75, 3.05) is 13.1 Å². The van der Waals surface area contributed by atoms with E-state index < -0.39 is 23.5 Å². The first-order valence-corrected chi connectivity index (χ1v) is 7.46. The van der Waals surface area contributed by atoms with Gasteiger partial charge in [0.05, 0.1) is 18.7 Å². The molecule has 8 heteroatoms. The Balaban J connectivity index is 2.42. The van der Waals surface area contributed by atoms with Crippen molar-refractivity contribution >= 4 is 23.6 Å². The van der Waals surface area contributed by atoms with Crippen LogP contribution in [-0.2, 0) is 20.8 Å². The van der Waals surface area contributed by atoms with Crippen molar-refractivity contribution in [3.63, 3.8) is 0 Å². The number of carboxylic acids is 1. The van der Waals surface area contributed by atoms with Crippen molar-refractivity contribution in [1.82, 2.24) is 10.6 Å². The van der Waals surface area contributed by atoms with Crippen LogP contribution in [0, 0.1) is 0 Å². The van der Waals surface area contributed by atoms with Gasteiger partial charge in [-0.05, 0) is 19.4 Å². The molecule has 0 saturated carbocycles. The topological polar surface area (TPSA) is 136 Å². The average molecular weight is 347 g/mol. The van der Waals surface area contributed by atoms with Gasteiger partial charge >= 0.3 is 5.97 Å². The SMILES string of the molecule is C=C(C)C(=O)NCC(=O)NCC(=O)CCc1cccc(C(=O)O)c1[O-]. The molecule has 1 rings (SSSR count). The number of para-hydroxylation sites is 1. The fourth-order valence-electron chi connectivity index (χ4n) is 1.88. The van der Waals surface area contributed by atoms with Crippen molar-refractivity contribution in [3.05, 3.63) is 41.5 Å². The third-order valence-electron chi connectivity index (χ3n) is 3.28. The summed E-state index contributed by atoms with van der Waals surface area (Å²) in [6, 6.07) is 4.11. The zero-order valence-electron chi connectivity index (χ0n) is 13.8. The van der Waals surface area contributed by atoms with Gasteiger partial charge in [0.25, 0.3) is 0 Å². The summed E-state index contributed by atoms with van der Waals surface area (Å²) >= 11 is 0. The Labute approximate surface area is 144 Å². The lowest BCUT2D eigenvalue weighted by atomic mass is 10.0. The van der Waals surface area contributed by atoms with Crippen molar-refractivity contribution in [1.29, 1.82) is 0 Å². The molecule has 1 aromatic rings. The fourth-order valence-corrected chi connectivity index (χ4v) is 1.88. The van der Waals surface area contributed by atoms with Gasteiger partial charge in [0.2, 0.25) is 11.8 Å². The number of carboxylic acid groups (broad SMARTS) is 1. The Hall–Kier alpha value is -3.16. The van der Waals surface area contributed by atoms with E-state index in [0.717, 1.165) is 0 Å². The average Bonchev–Trinajstić information content (AvgIpc) is 2.56. The Kier molecular flexibility index (Phi) is 7.33. The first-order valence-electron chi connectivity index (χ1n) is 7.46. The molecule has 25 heavy (non-hydrogen) atoms. The smallest absolute Gasteiger partial charge is 0.335 e. The monoisotopic (exact) mass is 347 g/mol. The first-order chi connectivity index (χ1) is 11.7. The number of hydrogen-bond acceptors (Lipinski definition) is 5. The van der Waals surface area contributed by atoms with Crippen LogP contribution in [0.4, 0.5) is 0 Å². The molecule has 0 unspecified atom stereocenters. The van der Waals surface area contributed by atoms with Crippen molar-refractivity contribution in [3.8, 4) is 5.75 Å². The summed E-state index contributed by atoms with van der Waals surface area (Å²) in [5, 5.41) is 25.5. The molecule has 0 heterocycles. The van der Waals surface area contributed by atoms with Crippen molar-refractivity contribution in [2.45, 2.75) is 19.8 Å². The summed E-state index contributed by atoms with van der Waals surface area (Å²) in [6.07, 6.45) is 0.0672. The van der Waals surface area contributed by atoms with E-state index in [2.05, 4.69) is 17.2 Å². The summed E-state index contributed by atoms with van der Waals surface area (Å²) in [7, 11) is 0. The molecular formula is C17H19N2O6-. The number of carbonyl (C=O) groups is 4. The Morgan fingerprint density at radius 1 is 1.16 bits per heavy atom. The second-order valence-corrected chi connectivity index (χ2v) is 5.38. The first kappa shape index (κ1) is 19.9. The zero-order valence-corrected chi connectivity index (χ0v) is 13.8. The van der Waals surface area contributed by atoms with Crippen LogP contribution < -0.4 is 15.7 Å². The number of rotatable bonds is 9. The molecule has 0 fully saturated rings. The molecule has 0 aromatic heterocycles. The van der Waals surface area contributed by atoms with Gasteiger partial charge in [0.15, 0.2) is 5.78 Å². The van der Waals surface area contributed by atoms with E-state index in [-0.39, 0.29) is 48.4 Å². The molecule has 0 aliphatic carbocycles. The minimum Gasteiger partial charge on any atom is -0.872 e. The van der Waals surface area contributed by atoms with Crippen LogP contribution in [0.1, 0.15) is 29.3 Å². The van der Waals surface area contributed by atoms with Gasteiger partial charge in [0.1, 0.15) is 0 Å². The van der Waals surface area contributed by atoms with E-state index in [1.54, 1.807) is 0 Å². The number of carbonyl (C=O) groups excluding carboxylic acids is 3. The van der Waals surface area contributed by atoms with E-state index in [1.165, 1.54) is 25.1 Å². The molecule has 0 spiro atoms. The molecule has 0 aliphatic rings. The minimum atomic E-state index is -1.32. The number of aromatic carboxylic acids is 1. The molecule has 0 bridgehead atoms. The van der Waals surface area contributed by atoms with Crippen molar-refractivity contribution in [2.24, 2.45) is 0 Å². The minimum absolute atomic E-state index is 0.0171. The molecule has 1 aromatic carbocycles. The number of amides is 2. The summed E-state index contributed by atoms with van der Waals surface area (Å²) < 4.78 is 0. The van der Waals surface area contributed by atoms with Gasteiger partial charge < -0.3 is 20.8 Å². The normalized spacial score (nSPS) is 9.96. The van der Waals surface area contributed by atoms with Gasteiger partial charge in [-0.25, -0.2) is 4.79 Å². The molecule has 0 radical (unpaired) electrons. The van der Waals surface area contributed by atoms with Crippen molar-refractivity contribution < 1.29 is 29.4 Å². The predicted octanol–water partition coefficient (Wildman–Crippen LogP) is -0.231. The van der Waals surface area contributed by atoms with Crippen LogP contribution in [0.5, 0.6) is 5.75 Å². The van der Waals surface area contributed by atoms with Gasteiger partial charge in [-0.15, -0.1) is 0 Å². The van der Waals surface area contributed by atoms with E-state index >= 15 is 0 Å². The predicted molar refractivity (Wildman–Crippen MR) is 87.0 cm³/mol. The molecule has 0 aliphatic heterocycles. The van der Waals surface area contributed by atoms with Crippen LogP contribution in [0.3, 0.4) is 0 Å². The highest BCUT2D eigenvalue weighted by Gasteiger charge is 2.10. The van der Waals surface area contributed by atoms with Gasteiger partial charge in [0, 0.05) is 12.0 Å². The molecule has 8 nitrogen and oxygen atoms in total. The number of nitrogens with one attached hydrogen (secondary N) is 2. The molecule has 0 atom stereocenters. The highest BCUT2D eigenvalue weighted by molar-refractivity contribution is 5.95. The second kappa shape index (κ2) is 9.21. The number of aryl methyl sites for hydroxylation is 1. The fraction of sp³-hybridized carbons (Fsp3) is 0.294. The van der Waals surface area contributed by atoms with E-state index in [1.807, 2.05) is 0 Å². The molecule has 134 valence electrons. The maximum atomic E-state index is 11.9. The molecular weight excluding hydrogens is 328 g/mol. The second-order valence-electron chi connectivity index (χ2n) is 5.38. The molecule has 0 saturated heterocycles. The number of benzene rings is 1. The van der Waals surface area contributed by atoms with Gasteiger partial charge in [-0.2, -0.15) is 0 Å². The molecule has 2 amide bonds. The summed E-state index contributed by atoms with van der Waals surface area (Å²) in [5.74, 6) is -3.24. The van der Waals surface area contributed by atoms with Crippen LogP contribution in [0.2, 0.25) is 0 Å². The molecule has 3 N–H and O–H groups in total. The van der Waals surface area contributed by atoms with E-state index in [4.69, 9.17) is 5.11 Å². The summed E-state index contributed by atoms with van der Waals surface area (Å²) in [6.45, 7) is 4.41. The van der Waals surface area contributed by atoms with Crippen LogP contribution in [-0.4, -0.2) is 41.8 Å². The van der Waals surface area contributed by atoms with Crippen LogP contribution >= 0.6 is 0 Å². The summed E-state index contributed by atoms with van der Waals surface area (Å²) in [4.78, 5) is 45.4. The van der Waals surface area contributed by atoms with E-state index in [9.17, 15) is 24.3 Å². The number of hydrogen-bond donors (Lipinski definition) is 3. The summed E-state index contributed by atoms with van der Waals surface area (Å²) in [5.41, 5.74) is 0.153. The number of ketones is 1. The third kappa shape index (κ3) is 6.46. The Bertz CT molecular complexity index is 711. The van der Waals surface area contributed by atoms with Crippen LogP contribution in [0.15, 0.2) is 30.4 Å². The van der Waals surface area contributed by atoms with E-state index in [0.29, 0.717) is 0 Å². The van der Waals surface area contributed by atoms with Crippen LogP contribution in [0.25, 0.3) is 0 Å². The number of Topliss-reactive ketones (excluding diaryl/α,β-unsaturated/α-hetero) is 1. The largest absolute Gasteiger partial charge is 0.872 e. The highest BCUT2D eigenvalue weighted by atomic mass is 16.4. The van der Waals surface area contributed by atoms with Gasteiger partial charge in [-0.3, -0.25) is 14.4 Å². The standard InChI is InChI=1S/C17H20N2O6/c1-10(2)16(23)19-9-14(21)18-8-12(20)7-6-11-4-3-5-13(15(11)22)17(24)25/h3-5,22H,1,6-9H2,2H3,(H,18,21)(H,19,23)(H,24,25)/p-1. The maximum absolute atomic E-state index is 11.9. The maximum Gasteiger partial charge on any atom is 0.335 e. The van der Waals surface area contributed by atoms with Gasteiger partial charge in [-0.1, -0.05) is 30.0 Å². The quantitative estimate of drug-likeness (QED) is 0.528. The third-order valence-corrected chi connectivity index (χ3v) is 3.28. The Morgan fingerprint density at radius 2 is 1.84 bits per heavy atom. The lowest BCUT2D eigenvalue weighted by Gasteiger charge is -2.16. The highest BCUT2D eigenvalue weighted by Crippen LogP contribution is 2.20.